The first-order valence-corrected chi connectivity index (χ1v) is 8.65. The number of aromatic nitrogens is 1. The highest BCUT2D eigenvalue weighted by Crippen LogP contribution is 2.30. The van der Waals surface area contributed by atoms with Crippen LogP contribution in [0.3, 0.4) is 0 Å². The van der Waals surface area contributed by atoms with Crippen molar-refractivity contribution >= 4 is 10.9 Å². The van der Waals surface area contributed by atoms with E-state index >= 15 is 0 Å². The molecule has 2 heteroatoms. The van der Waals surface area contributed by atoms with E-state index in [9.17, 15) is 0 Å². The van der Waals surface area contributed by atoms with E-state index in [0.29, 0.717) is 0 Å². The number of hydrogen-bond acceptors (Lipinski definition) is 1. The standard InChI is InChI=1S/C19H28N2/c1-3-5-13-21(12-4-2)16-8-6-15-7-9-19-17(10-11-20-19)18(15)14-16/h7,9-11,16,20H,3-6,8,12-14H2,1-2H3/t16-/m1/s1. The maximum Gasteiger partial charge on any atom is 0.0456 e. The van der Waals surface area contributed by atoms with Crippen molar-refractivity contribution in [2.24, 2.45) is 0 Å². The number of benzene rings is 1. The van der Waals surface area contributed by atoms with Gasteiger partial charge in [0.1, 0.15) is 0 Å². The molecule has 2 nitrogen and oxygen atoms in total. The van der Waals surface area contributed by atoms with Crippen molar-refractivity contribution < 1.29 is 0 Å². The van der Waals surface area contributed by atoms with E-state index < -0.39 is 0 Å². The van der Waals surface area contributed by atoms with Crippen LogP contribution in [0.1, 0.15) is 50.7 Å². The average molecular weight is 284 g/mol. The molecule has 0 spiro atoms. The first-order chi connectivity index (χ1) is 10.3. The van der Waals surface area contributed by atoms with Crippen molar-refractivity contribution in [1.82, 2.24) is 9.88 Å². The zero-order chi connectivity index (χ0) is 14.7. The van der Waals surface area contributed by atoms with E-state index in [2.05, 4.69) is 48.1 Å². The minimum absolute atomic E-state index is 0.740. The molecule has 1 atom stereocenters. The fourth-order valence-electron chi connectivity index (χ4n) is 3.81. The van der Waals surface area contributed by atoms with Crippen LogP contribution in [0.5, 0.6) is 0 Å². The van der Waals surface area contributed by atoms with E-state index in [1.165, 1.54) is 62.5 Å². The zero-order valence-corrected chi connectivity index (χ0v) is 13.5. The number of nitrogens with one attached hydrogen (secondary N) is 1. The van der Waals surface area contributed by atoms with Crippen LogP contribution < -0.4 is 0 Å². The maximum absolute atomic E-state index is 3.36. The number of H-pyrrole nitrogens is 1. The van der Waals surface area contributed by atoms with Crippen LogP contribution in [0, 0.1) is 0 Å². The lowest BCUT2D eigenvalue weighted by Gasteiger charge is -2.35. The van der Waals surface area contributed by atoms with Crippen LogP contribution >= 0.6 is 0 Å². The molecule has 0 fully saturated rings. The molecule has 1 aromatic heterocycles. The Morgan fingerprint density at radius 2 is 2.05 bits per heavy atom. The molecule has 1 heterocycles. The van der Waals surface area contributed by atoms with Gasteiger partial charge in [-0.2, -0.15) is 0 Å². The van der Waals surface area contributed by atoms with Crippen LogP contribution in [-0.4, -0.2) is 29.0 Å². The summed E-state index contributed by atoms with van der Waals surface area (Å²) in [5.41, 5.74) is 4.47. The molecule has 114 valence electrons. The summed E-state index contributed by atoms with van der Waals surface area (Å²) in [4.78, 5) is 6.11. The summed E-state index contributed by atoms with van der Waals surface area (Å²) in [6.07, 6.45) is 9.77. The highest BCUT2D eigenvalue weighted by atomic mass is 15.1. The lowest BCUT2D eigenvalue weighted by molar-refractivity contribution is 0.177. The third-order valence-electron chi connectivity index (χ3n) is 4.96. The van der Waals surface area contributed by atoms with Gasteiger partial charge in [-0.1, -0.05) is 26.3 Å². The number of nitrogens with zero attached hydrogens (tertiary/aromatic N) is 1. The van der Waals surface area contributed by atoms with E-state index in [0.717, 1.165) is 6.04 Å². The molecule has 1 aliphatic rings. The fourth-order valence-corrected chi connectivity index (χ4v) is 3.81. The van der Waals surface area contributed by atoms with Crippen molar-refractivity contribution in [2.45, 2.75) is 58.4 Å². The quantitative estimate of drug-likeness (QED) is 0.825. The van der Waals surface area contributed by atoms with Crippen LogP contribution in [-0.2, 0) is 12.8 Å². The van der Waals surface area contributed by atoms with Gasteiger partial charge in [0.2, 0.25) is 0 Å². The second-order valence-electron chi connectivity index (χ2n) is 6.43. The zero-order valence-electron chi connectivity index (χ0n) is 13.5. The Bertz CT molecular complexity index is 584. The summed E-state index contributed by atoms with van der Waals surface area (Å²) in [7, 11) is 0. The predicted molar refractivity (Wildman–Crippen MR) is 90.9 cm³/mol. The van der Waals surface area contributed by atoms with Crippen molar-refractivity contribution in [3.63, 3.8) is 0 Å². The molecule has 1 aliphatic carbocycles. The van der Waals surface area contributed by atoms with E-state index in [4.69, 9.17) is 0 Å². The SMILES string of the molecule is CCCCN(CCC)[C@@H]1CCc2ccc3[nH]ccc3c2C1. The molecule has 3 rings (SSSR count). The Hall–Kier alpha value is -1.28. The van der Waals surface area contributed by atoms with Gasteiger partial charge in [0, 0.05) is 23.1 Å². The molecular formula is C19H28N2. The minimum Gasteiger partial charge on any atom is -0.361 e. The lowest BCUT2D eigenvalue weighted by Crippen LogP contribution is -2.40. The summed E-state index contributed by atoms with van der Waals surface area (Å²) in [6, 6.07) is 7.58. The molecule has 0 amide bonds. The van der Waals surface area contributed by atoms with Crippen molar-refractivity contribution in [1.29, 1.82) is 0 Å². The van der Waals surface area contributed by atoms with Gasteiger partial charge in [-0.3, -0.25) is 0 Å². The molecule has 0 saturated carbocycles. The Labute approximate surface area is 128 Å². The van der Waals surface area contributed by atoms with E-state index in [1.54, 1.807) is 11.1 Å². The van der Waals surface area contributed by atoms with Crippen LogP contribution in [0.2, 0.25) is 0 Å². The maximum atomic E-state index is 3.36. The number of fused-ring (bicyclic) bond motifs is 3. The number of rotatable bonds is 6. The number of aromatic amines is 1. The third-order valence-corrected chi connectivity index (χ3v) is 4.96. The van der Waals surface area contributed by atoms with Gasteiger partial charge >= 0.3 is 0 Å². The van der Waals surface area contributed by atoms with Crippen molar-refractivity contribution in [3.05, 3.63) is 35.5 Å². The van der Waals surface area contributed by atoms with Crippen molar-refractivity contribution in [3.8, 4) is 0 Å². The molecule has 0 bridgehead atoms. The molecule has 0 unspecified atom stereocenters. The largest absolute Gasteiger partial charge is 0.361 e. The summed E-state index contributed by atoms with van der Waals surface area (Å²) < 4.78 is 0. The summed E-state index contributed by atoms with van der Waals surface area (Å²) in [6.45, 7) is 7.13. The molecule has 1 aromatic carbocycles. The summed E-state index contributed by atoms with van der Waals surface area (Å²) in [5.74, 6) is 0. The van der Waals surface area contributed by atoms with E-state index in [1.807, 2.05) is 0 Å². The third kappa shape index (κ3) is 3.01. The Kier molecular flexibility index (Phi) is 4.64. The molecule has 2 aromatic rings. The lowest BCUT2D eigenvalue weighted by atomic mass is 9.85. The highest BCUT2D eigenvalue weighted by Gasteiger charge is 2.24. The van der Waals surface area contributed by atoms with Gasteiger partial charge in [-0.15, -0.1) is 0 Å². The number of hydrogen-bond donors (Lipinski definition) is 1. The average Bonchev–Trinajstić information content (AvgIpc) is 3.00. The fraction of sp³-hybridized carbons (Fsp3) is 0.579. The van der Waals surface area contributed by atoms with Gasteiger partial charge in [0.25, 0.3) is 0 Å². The van der Waals surface area contributed by atoms with Crippen LogP contribution in [0.25, 0.3) is 10.9 Å². The number of aryl methyl sites for hydroxylation is 1. The normalized spacial score (nSPS) is 18.3. The Morgan fingerprint density at radius 1 is 1.14 bits per heavy atom. The molecular weight excluding hydrogens is 256 g/mol. The first-order valence-electron chi connectivity index (χ1n) is 8.65. The molecule has 0 radical (unpaired) electrons. The molecule has 0 aliphatic heterocycles. The van der Waals surface area contributed by atoms with Gasteiger partial charge in [0.05, 0.1) is 0 Å². The van der Waals surface area contributed by atoms with Crippen LogP contribution in [0.4, 0.5) is 0 Å². The van der Waals surface area contributed by atoms with Crippen molar-refractivity contribution in [2.75, 3.05) is 13.1 Å². The van der Waals surface area contributed by atoms with E-state index in [-0.39, 0.29) is 0 Å². The van der Waals surface area contributed by atoms with Gasteiger partial charge in [-0.25, -0.2) is 0 Å². The highest BCUT2D eigenvalue weighted by molar-refractivity contribution is 5.84. The van der Waals surface area contributed by atoms with Gasteiger partial charge < -0.3 is 9.88 Å². The molecule has 1 N–H and O–H groups in total. The minimum atomic E-state index is 0.740. The summed E-state index contributed by atoms with van der Waals surface area (Å²) in [5, 5.41) is 1.45. The molecule has 0 saturated heterocycles. The number of unbranched alkanes of at least 4 members (excludes halogenated alkanes) is 1. The molecule has 21 heavy (non-hydrogen) atoms. The Balaban J connectivity index is 1.82. The smallest absolute Gasteiger partial charge is 0.0456 e. The van der Waals surface area contributed by atoms with Gasteiger partial charge in [-0.05, 0) is 68.5 Å². The second-order valence-corrected chi connectivity index (χ2v) is 6.43. The topological polar surface area (TPSA) is 19.0 Å². The van der Waals surface area contributed by atoms with Gasteiger partial charge in [0.15, 0.2) is 0 Å². The first kappa shape index (κ1) is 14.6. The monoisotopic (exact) mass is 284 g/mol. The Morgan fingerprint density at radius 3 is 2.86 bits per heavy atom. The summed E-state index contributed by atoms with van der Waals surface area (Å²) >= 11 is 0. The second kappa shape index (κ2) is 6.65. The van der Waals surface area contributed by atoms with Crippen LogP contribution in [0.15, 0.2) is 24.4 Å². The predicted octanol–water partition coefficient (Wildman–Crippen LogP) is 4.54.